The monoisotopic (exact) mass is 494 g/mol. The van der Waals surface area contributed by atoms with Crippen LogP contribution in [0, 0.1) is 16.0 Å². The van der Waals surface area contributed by atoms with E-state index in [1.54, 1.807) is 0 Å². The number of esters is 1. The predicted molar refractivity (Wildman–Crippen MR) is 117 cm³/mol. The highest BCUT2D eigenvalue weighted by Crippen LogP contribution is 2.35. The lowest BCUT2D eigenvalue weighted by Gasteiger charge is -2.36. The van der Waals surface area contributed by atoms with Gasteiger partial charge in [-0.05, 0) is 36.2 Å². The molecule has 2 atom stereocenters. The predicted octanol–water partition coefficient (Wildman–Crippen LogP) is 4.91. The summed E-state index contributed by atoms with van der Waals surface area (Å²) >= 11 is 0. The molecule has 1 aliphatic heterocycles. The minimum Gasteiger partial charge on any atom is -0.469 e. The largest absolute Gasteiger partial charge is 0.573 e. The van der Waals surface area contributed by atoms with Gasteiger partial charge in [0.25, 0.3) is 5.69 Å². The van der Waals surface area contributed by atoms with Crippen LogP contribution < -0.4 is 9.47 Å². The molecule has 1 fully saturated rings. The molecule has 2 aromatic carbocycles. The van der Waals surface area contributed by atoms with Crippen molar-refractivity contribution < 1.29 is 41.9 Å². The highest BCUT2D eigenvalue weighted by Gasteiger charge is 2.37. The van der Waals surface area contributed by atoms with E-state index >= 15 is 0 Å². The van der Waals surface area contributed by atoms with Crippen LogP contribution in [0.3, 0.4) is 0 Å². The highest BCUT2D eigenvalue weighted by atomic mass is 19.4. The first kappa shape index (κ1) is 25.5. The van der Waals surface area contributed by atoms with E-state index in [1.165, 1.54) is 54.5 Å². The van der Waals surface area contributed by atoms with Gasteiger partial charge in [-0.3, -0.25) is 14.9 Å². The van der Waals surface area contributed by atoms with Gasteiger partial charge < -0.3 is 19.1 Å². The third kappa shape index (κ3) is 6.49. The van der Waals surface area contributed by atoms with Crippen LogP contribution in [-0.4, -0.2) is 48.4 Å². The van der Waals surface area contributed by atoms with Crippen molar-refractivity contribution in [2.24, 2.45) is 5.92 Å². The second-order valence-corrected chi connectivity index (χ2v) is 7.73. The average Bonchev–Trinajstić information content (AvgIpc) is 2.82. The second kappa shape index (κ2) is 10.5. The number of nitrogens with zero attached hydrogens (tertiary/aromatic N) is 2. The number of alkyl halides is 3. The summed E-state index contributed by atoms with van der Waals surface area (Å²) in [6.07, 6.45) is -4.17. The van der Waals surface area contributed by atoms with Crippen molar-refractivity contribution in [3.63, 3.8) is 0 Å². The Kier molecular flexibility index (Phi) is 7.62. The molecular formula is C23H21F3N2O7. The Morgan fingerprint density at radius 1 is 1.17 bits per heavy atom. The number of nitro benzene ring substituents is 1. The standard InChI is InChI=1S/C23H21F3N2O7/c1-3-14-10-15(4-9-20(14)35-23(24,25)26)16-11-17(21(29)33-2)13-27(12-16)22(30)34-19-7-5-18(6-8-19)28(31)32/h3-10,16-17H,1,11-13H2,2H3. The number of amides is 1. The molecule has 3 rings (SSSR count). The summed E-state index contributed by atoms with van der Waals surface area (Å²) in [7, 11) is 1.21. The summed E-state index contributed by atoms with van der Waals surface area (Å²) in [6, 6.07) is 8.94. The van der Waals surface area contributed by atoms with Gasteiger partial charge in [0.15, 0.2) is 0 Å². The summed E-state index contributed by atoms with van der Waals surface area (Å²) in [4.78, 5) is 36.6. The fraction of sp³-hybridized carbons (Fsp3) is 0.304. The SMILES string of the molecule is C=Cc1cc(C2CC(C(=O)OC)CN(C(=O)Oc3ccc([N+](=O)[O-])cc3)C2)ccc1OC(F)(F)F. The van der Waals surface area contributed by atoms with Crippen LogP contribution >= 0.6 is 0 Å². The molecule has 2 unspecified atom stereocenters. The number of halogens is 3. The van der Waals surface area contributed by atoms with Crippen LogP contribution in [0.5, 0.6) is 11.5 Å². The van der Waals surface area contributed by atoms with Gasteiger partial charge in [0.1, 0.15) is 11.5 Å². The first-order valence-corrected chi connectivity index (χ1v) is 10.3. The van der Waals surface area contributed by atoms with Crippen molar-refractivity contribution in [2.75, 3.05) is 20.2 Å². The molecule has 1 aliphatic rings. The molecule has 186 valence electrons. The fourth-order valence-corrected chi connectivity index (χ4v) is 3.83. The summed E-state index contributed by atoms with van der Waals surface area (Å²) in [5.74, 6) is -2.05. The quantitative estimate of drug-likeness (QED) is 0.319. The van der Waals surface area contributed by atoms with Crippen molar-refractivity contribution in [2.45, 2.75) is 18.7 Å². The number of non-ortho nitro benzene ring substituents is 1. The number of carbonyl (C=O) groups excluding carboxylic acids is 2. The van der Waals surface area contributed by atoms with Gasteiger partial charge in [-0.15, -0.1) is 13.2 Å². The normalized spacial score (nSPS) is 17.9. The minimum atomic E-state index is -4.88. The van der Waals surface area contributed by atoms with Gasteiger partial charge in [-0.2, -0.15) is 0 Å². The molecule has 0 aromatic heterocycles. The molecular weight excluding hydrogens is 473 g/mol. The van der Waals surface area contributed by atoms with Gasteiger partial charge >= 0.3 is 18.4 Å². The lowest BCUT2D eigenvalue weighted by Crippen LogP contribution is -2.46. The molecule has 12 heteroatoms. The van der Waals surface area contributed by atoms with Crippen LogP contribution in [-0.2, 0) is 9.53 Å². The second-order valence-electron chi connectivity index (χ2n) is 7.73. The maximum absolute atomic E-state index is 12.8. The average molecular weight is 494 g/mol. The Labute approximate surface area is 197 Å². The number of benzene rings is 2. The van der Waals surface area contributed by atoms with Gasteiger partial charge in [0, 0.05) is 36.7 Å². The number of hydrogen-bond donors (Lipinski definition) is 0. The first-order chi connectivity index (χ1) is 16.5. The Balaban J connectivity index is 1.83. The number of carbonyl (C=O) groups is 2. The van der Waals surface area contributed by atoms with E-state index in [0.29, 0.717) is 5.56 Å². The molecule has 35 heavy (non-hydrogen) atoms. The topological polar surface area (TPSA) is 108 Å². The number of ether oxygens (including phenoxy) is 3. The molecule has 1 heterocycles. The van der Waals surface area contributed by atoms with Gasteiger partial charge in [-0.1, -0.05) is 18.7 Å². The highest BCUT2D eigenvalue weighted by molar-refractivity contribution is 5.76. The molecule has 1 saturated heterocycles. The minimum absolute atomic E-state index is 0.00142. The van der Waals surface area contributed by atoms with E-state index in [0.717, 1.165) is 6.07 Å². The van der Waals surface area contributed by atoms with Gasteiger partial charge in [-0.25, -0.2) is 4.79 Å². The lowest BCUT2D eigenvalue weighted by molar-refractivity contribution is -0.384. The fourth-order valence-electron chi connectivity index (χ4n) is 3.83. The Hall–Kier alpha value is -4.09. The lowest BCUT2D eigenvalue weighted by atomic mass is 9.84. The van der Waals surface area contributed by atoms with Crippen molar-refractivity contribution in [3.05, 3.63) is 70.3 Å². The Bertz CT molecular complexity index is 1120. The molecule has 9 nitrogen and oxygen atoms in total. The number of nitro groups is 1. The Morgan fingerprint density at radius 2 is 1.86 bits per heavy atom. The maximum atomic E-state index is 12.8. The van der Waals surface area contributed by atoms with Gasteiger partial charge in [0.05, 0.1) is 18.0 Å². The van der Waals surface area contributed by atoms with Crippen LogP contribution in [0.1, 0.15) is 23.5 Å². The van der Waals surface area contributed by atoms with E-state index in [-0.39, 0.29) is 36.5 Å². The molecule has 2 aromatic rings. The molecule has 0 saturated carbocycles. The van der Waals surface area contributed by atoms with Crippen LogP contribution in [0.15, 0.2) is 49.0 Å². The summed E-state index contributed by atoms with van der Waals surface area (Å²) < 4.78 is 52.2. The number of methoxy groups -OCH3 is 1. The zero-order valence-corrected chi connectivity index (χ0v) is 18.5. The summed E-state index contributed by atoms with van der Waals surface area (Å²) in [5, 5.41) is 10.8. The molecule has 0 spiro atoms. The smallest absolute Gasteiger partial charge is 0.469 e. The van der Waals surface area contributed by atoms with E-state index in [1.807, 2.05) is 0 Å². The number of rotatable bonds is 6. The van der Waals surface area contributed by atoms with Crippen molar-refractivity contribution >= 4 is 23.8 Å². The number of likely N-dealkylation sites (tertiary alicyclic amines) is 1. The Morgan fingerprint density at radius 3 is 2.43 bits per heavy atom. The molecule has 0 aliphatic carbocycles. The van der Waals surface area contributed by atoms with Crippen LogP contribution in [0.2, 0.25) is 0 Å². The van der Waals surface area contributed by atoms with E-state index < -0.39 is 40.9 Å². The number of hydrogen-bond acceptors (Lipinski definition) is 7. The van der Waals surface area contributed by atoms with Crippen LogP contribution in [0.25, 0.3) is 6.08 Å². The van der Waals surface area contributed by atoms with Crippen molar-refractivity contribution in [1.82, 2.24) is 4.90 Å². The maximum Gasteiger partial charge on any atom is 0.573 e. The summed E-state index contributed by atoms with van der Waals surface area (Å²) in [5.41, 5.74) is 0.487. The molecule has 0 radical (unpaired) electrons. The third-order valence-corrected chi connectivity index (χ3v) is 5.45. The summed E-state index contributed by atoms with van der Waals surface area (Å²) in [6.45, 7) is 3.63. The zero-order chi connectivity index (χ0) is 25.8. The van der Waals surface area contributed by atoms with E-state index in [2.05, 4.69) is 11.3 Å². The van der Waals surface area contributed by atoms with Crippen molar-refractivity contribution in [1.29, 1.82) is 0 Å². The van der Waals surface area contributed by atoms with Crippen molar-refractivity contribution in [3.8, 4) is 11.5 Å². The number of piperidine rings is 1. The molecule has 1 amide bonds. The first-order valence-electron chi connectivity index (χ1n) is 10.3. The van der Waals surface area contributed by atoms with Crippen LogP contribution in [0.4, 0.5) is 23.7 Å². The zero-order valence-electron chi connectivity index (χ0n) is 18.5. The van der Waals surface area contributed by atoms with E-state index in [4.69, 9.17) is 9.47 Å². The van der Waals surface area contributed by atoms with Gasteiger partial charge in [0.2, 0.25) is 0 Å². The molecule has 0 bridgehead atoms. The van der Waals surface area contributed by atoms with E-state index in [9.17, 15) is 32.9 Å². The molecule has 0 N–H and O–H groups in total. The third-order valence-electron chi connectivity index (χ3n) is 5.45.